The van der Waals surface area contributed by atoms with Gasteiger partial charge in [0.1, 0.15) is 5.82 Å². The highest BCUT2D eigenvalue weighted by Gasteiger charge is 2.18. The van der Waals surface area contributed by atoms with E-state index >= 15 is 0 Å². The van der Waals surface area contributed by atoms with E-state index in [1.54, 1.807) is 6.07 Å². The highest BCUT2D eigenvalue weighted by Crippen LogP contribution is 2.19. The first-order chi connectivity index (χ1) is 14.1. The average molecular weight is 393 g/mol. The number of para-hydroxylation sites is 1. The first-order valence-electron chi connectivity index (χ1n) is 10.2. The Hall–Kier alpha value is -2.99. The van der Waals surface area contributed by atoms with Gasteiger partial charge in [-0.15, -0.1) is 0 Å². The minimum atomic E-state index is -0.170. The lowest BCUT2D eigenvalue weighted by Crippen LogP contribution is -2.38. The molecule has 1 heterocycles. The van der Waals surface area contributed by atoms with E-state index in [9.17, 15) is 9.59 Å². The van der Waals surface area contributed by atoms with Crippen molar-refractivity contribution >= 4 is 16.8 Å². The van der Waals surface area contributed by atoms with Gasteiger partial charge in [0.05, 0.1) is 16.9 Å². The van der Waals surface area contributed by atoms with Crippen LogP contribution in [0.4, 0.5) is 0 Å². The number of hydrogen-bond donors (Lipinski definition) is 2. The van der Waals surface area contributed by atoms with Gasteiger partial charge in [-0.05, 0) is 30.8 Å². The van der Waals surface area contributed by atoms with Crippen molar-refractivity contribution in [3.63, 3.8) is 0 Å². The summed E-state index contributed by atoms with van der Waals surface area (Å²) in [5.41, 5.74) is 1.67. The summed E-state index contributed by atoms with van der Waals surface area (Å²) in [6, 6.07) is 17.6. The lowest BCUT2D eigenvalue weighted by molar-refractivity contribution is -0.121. The maximum Gasteiger partial charge on any atom is 0.258 e. The Kier molecular flexibility index (Phi) is 7.14. The quantitative estimate of drug-likeness (QED) is 0.587. The number of likely N-dealkylation sites (N-methyl/N-ethyl adjacent to an activating group) is 1. The molecular formula is C23H28N4O2. The Bertz CT molecular complexity index is 996. The Balaban J connectivity index is 1.61. The number of fused-ring (bicyclic) bond motifs is 1. The summed E-state index contributed by atoms with van der Waals surface area (Å²) in [7, 11) is 0. The molecule has 1 aromatic heterocycles. The highest BCUT2D eigenvalue weighted by atomic mass is 16.1. The number of aryl methyl sites for hydroxylation is 1. The van der Waals surface area contributed by atoms with E-state index in [1.807, 2.05) is 36.4 Å². The van der Waals surface area contributed by atoms with Gasteiger partial charge in [-0.2, -0.15) is 0 Å². The fraction of sp³-hybridized carbons (Fsp3) is 0.348. The second kappa shape index (κ2) is 9.98. The van der Waals surface area contributed by atoms with E-state index in [4.69, 9.17) is 0 Å². The van der Waals surface area contributed by atoms with Crippen LogP contribution in [0, 0.1) is 0 Å². The van der Waals surface area contributed by atoms with E-state index < -0.39 is 0 Å². The smallest absolute Gasteiger partial charge is 0.258 e. The van der Waals surface area contributed by atoms with Gasteiger partial charge < -0.3 is 10.3 Å². The molecule has 0 saturated heterocycles. The van der Waals surface area contributed by atoms with Gasteiger partial charge >= 0.3 is 0 Å². The molecule has 0 aliphatic carbocycles. The minimum absolute atomic E-state index is 0.0473. The number of nitrogens with zero attached hydrogens (tertiary/aromatic N) is 2. The third-order valence-electron chi connectivity index (χ3n) is 5.18. The molecule has 1 unspecified atom stereocenters. The predicted molar refractivity (Wildman–Crippen MR) is 116 cm³/mol. The summed E-state index contributed by atoms with van der Waals surface area (Å²) in [4.78, 5) is 34.2. The summed E-state index contributed by atoms with van der Waals surface area (Å²) in [6.07, 6.45) is 0.675. The zero-order valence-corrected chi connectivity index (χ0v) is 17.0. The van der Waals surface area contributed by atoms with Gasteiger partial charge in [0.15, 0.2) is 0 Å². The third kappa shape index (κ3) is 5.29. The highest BCUT2D eigenvalue weighted by molar-refractivity contribution is 5.78. The lowest BCUT2D eigenvalue weighted by Gasteiger charge is -2.30. The largest absolute Gasteiger partial charge is 0.354 e. The molecule has 1 atom stereocenters. The van der Waals surface area contributed by atoms with Crippen molar-refractivity contribution in [3.8, 4) is 0 Å². The van der Waals surface area contributed by atoms with E-state index in [0.29, 0.717) is 29.7 Å². The number of nitrogens with one attached hydrogen (secondary N) is 2. The first kappa shape index (κ1) is 20.7. The minimum Gasteiger partial charge on any atom is -0.354 e. The molecule has 29 heavy (non-hydrogen) atoms. The van der Waals surface area contributed by atoms with Crippen LogP contribution < -0.4 is 10.9 Å². The van der Waals surface area contributed by atoms with Gasteiger partial charge in [0, 0.05) is 19.4 Å². The molecule has 1 amide bonds. The van der Waals surface area contributed by atoms with E-state index in [1.165, 1.54) is 5.56 Å². The summed E-state index contributed by atoms with van der Waals surface area (Å²) in [6.45, 7) is 6.63. The maximum absolute atomic E-state index is 12.5. The van der Waals surface area contributed by atoms with E-state index in [0.717, 1.165) is 13.1 Å². The number of amides is 1. The van der Waals surface area contributed by atoms with Gasteiger partial charge in [-0.3, -0.25) is 14.5 Å². The average Bonchev–Trinajstić information content (AvgIpc) is 2.76. The van der Waals surface area contributed by atoms with Crippen LogP contribution >= 0.6 is 0 Å². The van der Waals surface area contributed by atoms with Crippen LogP contribution in [-0.2, 0) is 11.2 Å². The fourth-order valence-corrected chi connectivity index (χ4v) is 3.58. The van der Waals surface area contributed by atoms with E-state index in [-0.39, 0.29) is 23.9 Å². The molecule has 0 aliphatic heterocycles. The predicted octanol–water partition coefficient (Wildman–Crippen LogP) is 3.06. The second-order valence-electron chi connectivity index (χ2n) is 6.98. The van der Waals surface area contributed by atoms with Crippen molar-refractivity contribution in [1.29, 1.82) is 0 Å². The van der Waals surface area contributed by atoms with Crippen molar-refractivity contribution in [1.82, 2.24) is 20.2 Å². The zero-order chi connectivity index (χ0) is 20.6. The van der Waals surface area contributed by atoms with Gasteiger partial charge in [0.2, 0.25) is 5.91 Å². The van der Waals surface area contributed by atoms with Crippen molar-refractivity contribution in [3.05, 3.63) is 76.3 Å². The number of H-pyrrole nitrogens is 1. The van der Waals surface area contributed by atoms with Crippen LogP contribution in [0.2, 0.25) is 0 Å². The van der Waals surface area contributed by atoms with Crippen LogP contribution in [0.1, 0.15) is 37.7 Å². The molecule has 6 nitrogen and oxygen atoms in total. The molecule has 3 rings (SSSR count). The third-order valence-corrected chi connectivity index (χ3v) is 5.18. The molecule has 152 valence electrons. The topological polar surface area (TPSA) is 78.1 Å². The lowest BCUT2D eigenvalue weighted by atomic mass is 10.0. The van der Waals surface area contributed by atoms with Gasteiger partial charge in [-0.1, -0.05) is 56.3 Å². The van der Waals surface area contributed by atoms with Crippen LogP contribution in [0.25, 0.3) is 10.9 Å². The first-order valence-corrected chi connectivity index (χ1v) is 10.2. The Morgan fingerprint density at radius 3 is 2.48 bits per heavy atom. The standard InChI is InChI=1S/C23H28N4O2/c1-3-27(4-2)20(17-10-6-5-7-11-17)16-24-22(28)15-14-21-25-19-13-9-8-12-18(19)23(29)26-21/h5-13,20H,3-4,14-16H2,1-2H3,(H,24,28)(H,25,26,29). The van der Waals surface area contributed by atoms with Crippen LogP contribution in [0.15, 0.2) is 59.4 Å². The normalized spacial score (nSPS) is 12.2. The molecule has 2 N–H and O–H groups in total. The molecule has 0 fully saturated rings. The summed E-state index contributed by atoms with van der Waals surface area (Å²) < 4.78 is 0. The van der Waals surface area contributed by atoms with Gasteiger partial charge in [0.25, 0.3) is 5.56 Å². The molecule has 3 aromatic rings. The summed E-state index contributed by atoms with van der Waals surface area (Å²) >= 11 is 0. The SMILES string of the molecule is CCN(CC)C(CNC(=O)CCc1nc2ccccc2c(=O)[nH]1)c1ccccc1. The molecule has 0 aliphatic rings. The summed E-state index contributed by atoms with van der Waals surface area (Å²) in [5, 5.41) is 3.61. The van der Waals surface area contributed by atoms with Crippen LogP contribution in [0.3, 0.4) is 0 Å². The number of carbonyl (C=O) groups excluding carboxylic acids is 1. The molecule has 0 radical (unpaired) electrons. The fourth-order valence-electron chi connectivity index (χ4n) is 3.58. The van der Waals surface area contributed by atoms with Crippen molar-refractivity contribution < 1.29 is 4.79 Å². The molecule has 0 bridgehead atoms. The Labute approximate surface area is 171 Å². The molecule has 0 spiro atoms. The van der Waals surface area contributed by atoms with Crippen molar-refractivity contribution in [2.45, 2.75) is 32.7 Å². The van der Waals surface area contributed by atoms with Gasteiger partial charge in [-0.25, -0.2) is 4.98 Å². The Morgan fingerprint density at radius 1 is 1.07 bits per heavy atom. The molecule has 2 aromatic carbocycles. The van der Waals surface area contributed by atoms with Crippen molar-refractivity contribution in [2.24, 2.45) is 0 Å². The number of aromatic nitrogens is 2. The number of hydrogen-bond acceptors (Lipinski definition) is 4. The van der Waals surface area contributed by atoms with Crippen LogP contribution in [-0.4, -0.2) is 40.4 Å². The maximum atomic E-state index is 12.5. The number of aromatic amines is 1. The Morgan fingerprint density at radius 2 is 1.76 bits per heavy atom. The number of rotatable bonds is 9. The number of benzene rings is 2. The van der Waals surface area contributed by atoms with Crippen molar-refractivity contribution in [2.75, 3.05) is 19.6 Å². The molecule has 6 heteroatoms. The van der Waals surface area contributed by atoms with Crippen LogP contribution in [0.5, 0.6) is 0 Å². The number of carbonyl (C=O) groups is 1. The van der Waals surface area contributed by atoms with E-state index in [2.05, 4.69) is 46.2 Å². The second-order valence-corrected chi connectivity index (χ2v) is 6.98. The zero-order valence-electron chi connectivity index (χ0n) is 17.0. The summed E-state index contributed by atoms with van der Waals surface area (Å²) in [5.74, 6) is 0.487. The monoisotopic (exact) mass is 392 g/mol. The molecular weight excluding hydrogens is 364 g/mol. The molecule has 0 saturated carbocycles.